The minimum absolute atomic E-state index is 0.0382. The van der Waals surface area contributed by atoms with Crippen molar-refractivity contribution in [2.45, 2.75) is 37.5 Å². The van der Waals surface area contributed by atoms with Crippen molar-refractivity contribution in [1.82, 2.24) is 9.97 Å². The Morgan fingerprint density at radius 3 is 2.72 bits per heavy atom. The van der Waals surface area contributed by atoms with Gasteiger partial charge in [-0.05, 0) is 37.0 Å². The second kappa shape index (κ2) is 5.88. The van der Waals surface area contributed by atoms with E-state index in [1.54, 1.807) is 6.07 Å². The van der Waals surface area contributed by atoms with Crippen LogP contribution in [0.25, 0.3) is 11.3 Å². The van der Waals surface area contributed by atoms with Gasteiger partial charge in [-0.2, -0.15) is 0 Å². The van der Waals surface area contributed by atoms with Crippen LogP contribution in [0, 0.1) is 0 Å². The second-order valence-corrected chi connectivity index (χ2v) is 7.25. The van der Waals surface area contributed by atoms with E-state index in [1.807, 2.05) is 18.0 Å². The number of nitrogens with zero attached hydrogens (tertiary/aromatic N) is 3. The summed E-state index contributed by atoms with van der Waals surface area (Å²) in [5.74, 6) is 0.823. The lowest BCUT2D eigenvalue weighted by Gasteiger charge is -2.38. The molecule has 1 saturated carbocycles. The highest BCUT2D eigenvalue weighted by molar-refractivity contribution is 5.83. The lowest BCUT2D eigenvalue weighted by Crippen LogP contribution is -2.33. The molecule has 1 spiro atoms. The van der Waals surface area contributed by atoms with Gasteiger partial charge in [0.05, 0.1) is 18.0 Å². The average molecular weight is 340 g/mol. The minimum atomic E-state index is -0.0454. The summed E-state index contributed by atoms with van der Waals surface area (Å²) in [6.07, 6.45) is 6.82. The van der Waals surface area contributed by atoms with Crippen molar-refractivity contribution in [3.8, 4) is 17.0 Å². The Morgan fingerprint density at radius 1 is 1.24 bits per heavy atom. The van der Waals surface area contributed by atoms with Crippen molar-refractivity contribution in [3.63, 3.8) is 0 Å². The highest BCUT2D eigenvalue weighted by Crippen LogP contribution is 2.55. The van der Waals surface area contributed by atoms with E-state index in [9.17, 15) is 10.2 Å². The van der Waals surface area contributed by atoms with Crippen LogP contribution in [-0.4, -0.2) is 40.4 Å². The Bertz CT molecular complexity index is 815. The predicted octanol–water partition coefficient (Wildman–Crippen LogP) is 2.23. The monoisotopic (exact) mass is 340 g/mol. The van der Waals surface area contributed by atoms with Crippen LogP contribution in [0.15, 0.2) is 18.5 Å². The number of aliphatic hydroxyl groups excluding tert-OH is 1. The van der Waals surface area contributed by atoms with E-state index >= 15 is 0 Å². The van der Waals surface area contributed by atoms with E-state index in [0.29, 0.717) is 12.4 Å². The second-order valence-electron chi connectivity index (χ2n) is 7.25. The van der Waals surface area contributed by atoms with Crippen LogP contribution >= 0.6 is 0 Å². The Morgan fingerprint density at radius 2 is 2.00 bits per heavy atom. The fourth-order valence-corrected chi connectivity index (χ4v) is 4.74. The SMILES string of the molecule is CN(CCO)c1c(O)ccc2c1CC1(CCCC1)c1c(N)ncnc1-2. The van der Waals surface area contributed by atoms with E-state index in [1.165, 1.54) is 19.2 Å². The number of rotatable bonds is 3. The summed E-state index contributed by atoms with van der Waals surface area (Å²) in [5, 5.41) is 19.8. The molecule has 0 amide bonds. The van der Waals surface area contributed by atoms with Gasteiger partial charge < -0.3 is 20.8 Å². The molecule has 2 aliphatic rings. The van der Waals surface area contributed by atoms with Gasteiger partial charge in [0, 0.05) is 30.1 Å². The molecule has 4 N–H and O–H groups in total. The Labute approximate surface area is 147 Å². The third kappa shape index (κ3) is 2.35. The smallest absolute Gasteiger partial charge is 0.139 e. The average Bonchev–Trinajstić information content (AvgIpc) is 3.03. The molecule has 6 nitrogen and oxygen atoms in total. The molecule has 0 radical (unpaired) electrons. The zero-order valence-corrected chi connectivity index (χ0v) is 14.5. The molecule has 1 aromatic carbocycles. The van der Waals surface area contributed by atoms with Crippen molar-refractivity contribution in [1.29, 1.82) is 0 Å². The number of nitrogens with two attached hydrogens (primary N) is 1. The van der Waals surface area contributed by atoms with Crippen molar-refractivity contribution in [3.05, 3.63) is 29.6 Å². The number of phenolic OH excluding ortho intramolecular Hbond substituents is 1. The molecule has 1 heterocycles. The van der Waals surface area contributed by atoms with Crippen molar-refractivity contribution >= 4 is 11.5 Å². The standard InChI is InChI=1S/C19H24N4O2/c1-23(8-9-24)17-13-10-19(6-2-3-7-19)15-16(21-11-22-18(15)20)12(13)4-5-14(17)25/h4-5,11,24-25H,2-3,6-10H2,1H3,(H2,20,21,22). The molecule has 25 heavy (non-hydrogen) atoms. The third-order valence-electron chi connectivity index (χ3n) is 5.82. The number of aromatic hydroxyl groups is 1. The first-order chi connectivity index (χ1) is 12.1. The molecule has 6 heteroatoms. The fourth-order valence-electron chi connectivity index (χ4n) is 4.74. The molecule has 132 valence electrons. The number of aromatic nitrogens is 2. The number of hydrogen-bond acceptors (Lipinski definition) is 6. The number of hydrogen-bond donors (Lipinski definition) is 3. The molecule has 0 aliphatic heterocycles. The molecule has 0 unspecified atom stereocenters. The summed E-state index contributed by atoms with van der Waals surface area (Å²) in [4.78, 5) is 10.8. The van der Waals surface area contributed by atoms with Crippen LogP contribution in [0.1, 0.15) is 36.8 Å². The first-order valence-electron chi connectivity index (χ1n) is 8.85. The van der Waals surface area contributed by atoms with Crippen molar-refractivity contribution in [2.75, 3.05) is 30.8 Å². The summed E-state index contributed by atoms with van der Waals surface area (Å²) in [7, 11) is 1.90. The molecule has 1 fully saturated rings. The van der Waals surface area contributed by atoms with Gasteiger partial charge >= 0.3 is 0 Å². The van der Waals surface area contributed by atoms with Crippen molar-refractivity contribution < 1.29 is 10.2 Å². The number of benzene rings is 1. The predicted molar refractivity (Wildman–Crippen MR) is 97.8 cm³/mol. The molecule has 0 atom stereocenters. The van der Waals surface area contributed by atoms with Crippen LogP contribution in [-0.2, 0) is 11.8 Å². The van der Waals surface area contributed by atoms with Gasteiger partial charge in [0.2, 0.25) is 0 Å². The van der Waals surface area contributed by atoms with E-state index in [-0.39, 0.29) is 17.8 Å². The Hall–Kier alpha value is -2.34. The molecule has 2 aromatic rings. The number of fused-ring (bicyclic) bond motifs is 4. The van der Waals surface area contributed by atoms with E-state index in [4.69, 9.17) is 5.73 Å². The quantitative estimate of drug-likeness (QED) is 0.793. The van der Waals surface area contributed by atoms with Crippen LogP contribution in [0.3, 0.4) is 0 Å². The van der Waals surface area contributed by atoms with Crippen molar-refractivity contribution in [2.24, 2.45) is 0 Å². The van der Waals surface area contributed by atoms with Crippen LogP contribution in [0.2, 0.25) is 0 Å². The number of likely N-dealkylation sites (N-methyl/N-ethyl adjacent to an activating group) is 1. The van der Waals surface area contributed by atoms with Gasteiger partial charge in [0.1, 0.15) is 17.9 Å². The summed E-state index contributed by atoms with van der Waals surface area (Å²) in [6.45, 7) is 0.506. The normalized spacial score (nSPS) is 17.4. The van der Waals surface area contributed by atoms with Gasteiger partial charge in [0.25, 0.3) is 0 Å². The summed E-state index contributed by atoms with van der Waals surface area (Å²) in [6, 6.07) is 3.63. The summed E-state index contributed by atoms with van der Waals surface area (Å²) >= 11 is 0. The lowest BCUT2D eigenvalue weighted by molar-refractivity contribution is 0.303. The Balaban J connectivity index is 1.98. The molecule has 0 bridgehead atoms. The molecule has 1 aromatic heterocycles. The molecular weight excluding hydrogens is 316 g/mol. The number of nitrogen functional groups attached to an aromatic ring is 1. The van der Waals surface area contributed by atoms with Gasteiger partial charge in [-0.15, -0.1) is 0 Å². The van der Waals surface area contributed by atoms with E-state index in [2.05, 4.69) is 9.97 Å². The molecule has 4 rings (SSSR count). The van der Waals surface area contributed by atoms with Crippen LogP contribution < -0.4 is 10.6 Å². The van der Waals surface area contributed by atoms with Crippen LogP contribution in [0.5, 0.6) is 5.75 Å². The highest BCUT2D eigenvalue weighted by Gasteiger charge is 2.44. The largest absolute Gasteiger partial charge is 0.506 e. The topological polar surface area (TPSA) is 95.5 Å². The number of aliphatic hydroxyl groups is 1. The number of phenols is 1. The minimum Gasteiger partial charge on any atom is -0.506 e. The fraction of sp³-hybridized carbons (Fsp3) is 0.474. The highest BCUT2D eigenvalue weighted by atomic mass is 16.3. The lowest BCUT2D eigenvalue weighted by atomic mass is 9.67. The maximum atomic E-state index is 10.5. The van der Waals surface area contributed by atoms with Gasteiger partial charge in [-0.3, -0.25) is 0 Å². The summed E-state index contributed by atoms with van der Waals surface area (Å²) < 4.78 is 0. The van der Waals surface area contributed by atoms with Gasteiger partial charge in [-0.25, -0.2) is 9.97 Å². The first-order valence-corrected chi connectivity index (χ1v) is 8.85. The molecule has 2 aliphatic carbocycles. The first kappa shape index (κ1) is 16.1. The van der Waals surface area contributed by atoms with Gasteiger partial charge in [-0.1, -0.05) is 12.8 Å². The summed E-state index contributed by atoms with van der Waals surface area (Å²) in [5.41, 5.74) is 11.1. The van der Waals surface area contributed by atoms with E-state index in [0.717, 1.165) is 47.3 Å². The maximum absolute atomic E-state index is 10.5. The number of anilines is 2. The van der Waals surface area contributed by atoms with Gasteiger partial charge in [0.15, 0.2) is 0 Å². The third-order valence-corrected chi connectivity index (χ3v) is 5.82. The van der Waals surface area contributed by atoms with Crippen LogP contribution in [0.4, 0.5) is 11.5 Å². The molecular formula is C19H24N4O2. The molecule has 0 saturated heterocycles. The maximum Gasteiger partial charge on any atom is 0.139 e. The zero-order chi connectivity index (χ0) is 17.6. The van der Waals surface area contributed by atoms with E-state index < -0.39 is 0 Å². The zero-order valence-electron chi connectivity index (χ0n) is 14.5. The Kier molecular flexibility index (Phi) is 3.80.